The number of nitrogens with one attached hydrogen (secondary N) is 1. The van der Waals surface area contributed by atoms with Crippen molar-refractivity contribution in [2.75, 3.05) is 11.9 Å². The number of allylic oxidation sites excluding steroid dienone is 2. The first-order valence-corrected chi connectivity index (χ1v) is 7.68. The fraction of sp³-hybridized carbons (Fsp3) is 0.412. The molecule has 2 aromatic rings. The van der Waals surface area contributed by atoms with E-state index in [1.54, 1.807) is 6.20 Å². The summed E-state index contributed by atoms with van der Waals surface area (Å²) in [7, 11) is 0. The standard InChI is InChI=1S/C17H20N4/c1-12-18-6-7-21(12)17-5-4-16(11-20-17)19-10-15-9-13-2-3-14(15)8-13/h2-7,11,13-15,19H,8-10H2,1H3. The van der Waals surface area contributed by atoms with Crippen molar-refractivity contribution in [1.82, 2.24) is 14.5 Å². The molecule has 0 spiro atoms. The molecule has 2 aliphatic carbocycles. The third-order valence-electron chi connectivity index (χ3n) is 4.81. The Morgan fingerprint density at radius 2 is 2.19 bits per heavy atom. The quantitative estimate of drug-likeness (QED) is 0.875. The molecule has 1 saturated carbocycles. The second-order valence-electron chi connectivity index (χ2n) is 6.17. The number of imidazole rings is 1. The van der Waals surface area contributed by atoms with Gasteiger partial charge in [-0.15, -0.1) is 0 Å². The number of anilines is 1. The lowest BCUT2D eigenvalue weighted by Crippen LogP contribution is -2.18. The van der Waals surface area contributed by atoms with Crippen molar-refractivity contribution in [2.24, 2.45) is 17.8 Å². The van der Waals surface area contributed by atoms with Gasteiger partial charge < -0.3 is 5.32 Å². The molecular weight excluding hydrogens is 260 g/mol. The Morgan fingerprint density at radius 1 is 1.24 bits per heavy atom. The Morgan fingerprint density at radius 3 is 2.81 bits per heavy atom. The summed E-state index contributed by atoms with van der Waals surface area (Å²) in [4.78, 5) is 8.75. The third kappa shape index (κ3) is 2.35. The smallest absolute Gasteiger partial charge is 0.138 e. The molecule has 2 aliphatic rings. The predicted molar refractivity (Wildman–Crippen MR) is 83.4 cm³/mol. The van der Waals surface area contributed by atoms with Crippen LogP contribution >= 0.6 is 0 Å². The normalized spacial score (nSPS) is 26.4. The van der Waals surface area contributed by atoms with Gasteiger partial charge in [0.05, 0.1) is 11.9 Å². The summed E-state index contributed by atoms with van der Waals surface area (Å²) >= 11 is 0. The Bertz CT molecular complexity index is 656. The van der Waals surface area contributed by atoms with Crippen LogP contribution in [0.4, 0.5) is 5.69 Å². The predicted octanol–water partition coefficient (Wildman–Crippen LogP) is 3.20. The zero-order chi connectivity index (χ0) is 14.2. The number of hydrogen-bond donors (Lipinski definition) is 1. The van der Waals surface area contributed by atoms with E-state index in [9.17, 15) is 0 Å². The first-order valence-electron chi connectivity index (χ1n) is 7.68. The summed E-state index contributed by atoms with van der Waals surface area (Å²) in [5, 5.41) is 3.54. The summed E-state index contributed by atoms with van der Waals surface area (Å²) in [5.41, 5.74) is 1.10. The highest BCUT2D eigenvalue weighted by Gasteiger charge is 2.35. The molecule has 4 heteroatoms. The first-order chi connectivity index (χ1) is 10.3. The molecule has 1 N–H and O–H groups in total. The molecule has 3 atom stereocenters. The monoisotopic (exact) mass is 280 g/mol. The molecule has 1 fully saturated rings. The average Bonchev–Trinajstić information content (AvgIpc) is 3.22. The summed E-state index contributed by atoms with van der Waals surface area (Å²) in [5.74, 6) is 4.29. The zero-order valence-electron chi connectivity index (χ0n) is 12.2. The van der Waals surface area contributed by atoms with E-state index in [1.807, 2.05) is 30.0 Å². The maximum atomic E-state index is 4.52. The van der Waals surface area contributed by atoms with Gasteiger partial charge in [-0.3, -0.25) is 4.57 Å². The van der Waals surface area contributed by atoms with Crippen LogP contribution in [0.25, 0.3) is 5.82 Å². The molecule has 0 saturated heterocycles. The molecule has 0 amide bonds. The van der Waals surface area contributed by atoms with Gasteiger partial charge in [0.25, 0.3) is 0 Å². The van der Waals surface area contributed by atoms with Gasteiger partial charge >= 0.3 is 0 Å². The van der Waals surface area contributed by atoms with E-state index in [-0.39, 0.29) is 0 Å². The Labute approximate surface area is 124 Å². The van der Waals surface area contributed by atoms with Crippen molar-refractivity contribution in [1.29, 1.82) is 0 Å². The maximum absolute atomic E-state index is 4.52. The summed E-state index contributed by atoms with van der Waals surface area (Å²) in [6.45, 7) is 3.03. The maximum Gasteiger partial charge on any atom is 0.138 e. The van der Waals surface area contributed by atoms with Crippen LogP contribution in [-0.2, 0) is 0 Å². The second-order valence-corrected chi connectivity index (χ2v) is 6.17. The largest absolute Gasteiger partial charge is 0.383 e. The zero-order valence-corrected chi connectivity index (χ0v) is 12.2. The van der Waals surface area contributed by atoms with Crippen LogP contribution in [0.3, 0.4) is 0 Å². The molecule has 4 rings (SSSR count). The second kappa shape index (κ2) is 5.02. The number of rotatable bonds is 4. The van der Waals surface area contributed by atoms with Gasteiger partial charge in [0.1, 0.15) is 11.6 Å². The molecule has 2 heterocycles. The molecular formula is C17H20N4. The van der Waals surface area contributed by atoms with Gasteiger partial charge in [-0.25, -0.2) is 9.97 Å². The third-order valence-corrected chi connectivity index (χ3v) is 4.81. The fourth-order valence-corrected chi connectivity index (χ4v) is 3.63. The molecule has 108 valence electrons. The molecule has 0 radical (unpaired) electrons. The number of nitrogens with zero attached hydrogens (tertiary/aromatic N) is 3. The number of fused-ring (bicyclic) bond motifs is 2. The van der Waals surface area contributed by atoms with Crippen LogP contribution in [0.15, 0.2) is 42.9 Å². The molecule has 0 aromatic carbocycles. The van der Waals surface area contributed by atoms with Crippen molar-refractivity contribution >= 4 is 5.69 Å². The van der Waals surface area contributed by atoms with Crippen molar-refractivity contribution in [3.8, 4) is 5.82 Å². The van der Waals surface area contributed by atoms with Crippen LogP contribution in [0.2, 0.25) is 0 Å². The van der Waals surface area contributed by atoms with E-state index in [0.717, 1.165) is 41.6 Å². The van der Waals surface area contributed by atoms with E-state index in [2.05, 4.69) is 33.5 Å². The Balaban J connectivity index is 1.40. The van der Waals surface area contributed by atoms with Crippen LogP contribution in [0, 0.1) is 24.7 Å². The lowest BCUT2D eigenvalue weighted by Gasteiger charge is -2.19. The van der Waals surface area contributed by atoms with Crippen molar-refractivity contribution in [2.45, 2.75) is 19.8 Å². The van der Waals surface area contributed by atoms with E-state index in [1.165, 1.54) is 12.8 Å². The first kappa shape index (κ1) is 12.6. The molecule has 0 aliphatic heterocycles. The van der Waals surface area contributed by atoms with Crippen LogP contribution in [-0.4, -0.2) is 21.1 Å². The van der Waals surface area contributed by atoms with Crippen molar-refractivity contribution in [3.05, 3.63) is 48.7 Å². The SMILES string of the molecule is Cc1nccn1-c1ccc(NCC2CC3C=CC2C3)cn1. The molecule has 21 heavy (non-hydrogen) atoms. The van der Waals surface area contributed by atoms with Crippen LogP contribution in [0.5, 0.6) is 0 Å². The van der Waals surface area contributed by atoms with Gasteiger partial charge in [-0.1, -0.05) is 12.2 Å². The Kier molecular flexibility index (Phi) is 3.02. The van der Waals surface area contributed by atoms with Crippen LogP contribution in [0.1, 0.15) is 18.7 Å². The topological polar surface area (TPSA) is 42.7 Å². The fourth-order valence-electron chi connectivity index (χ4n) is 3.63. The molecule has 4 nitrogen and oxygen atoms in total. The van der Waals surface area contributed by atoms with E-state index < -0.39 is 0 Å². The lowest BCUT2D eigenvalue weighted by atomic mass is 9.93. The summed E-state index contributed by atoms with van der Waals surface area (Å²) in [6, 6.07) is 4.14. The molecule has 2 aromatic heterocycles. The average molecular weight is 280 g/mol. The highest BCUT2D eigenvalue weighted by atomic mass is 15.1. The minimum atomic E-state index is 0.788. The number of aryl methyl sites for hydroxylation is 1. The summed E-state index contributed by atoms with van der Waals surface area (Å²) in [6.07, 6.45) is 13.2. The minimum absolute atomic E-state index is 0.788. The number of aromatic nitrogens is 3. The van der Waals surface area contributed by atoms with E-state index in [0.29, 0.717) is 0 Å². The molecule has 3 unspecified atom stereocenters. The van der Waals surface area contributed by atoms with Gasteiger partial charge in [0.2, 0.25) is 0 Å². The van der Waals surface area contributed by atoms with Crippen molar-refractivity contribution in [3.63, 3.8) is 0 Å². The number of pyridine rings is 1. The number of hydrogen-bond acceptors (Lipinski definition) is 3. The summed E-state index contributed by atoms with van der Waals surface area (Å²) < 4.78 is 1.99. The van der Waals surface area contributed by atoms with Gasteiger partial charge in [-0.05, 0) is 49.7 Å². The molecule has 2 bridgehead atoms. The lowest BCUT2D eigenvalue weighted by molar-refractivity contribution is 0.472. The van der Waals surface area contributed by atoms with Crippen LogP contribution < -0.4 is 5.32 Å². The highest BCUT2D eigenvalue weighted by Crippen LogP contribution is 2.43. The van der Waals surface area contributed by atoms with Gasteiger partial charge in [0, 0.05) is 18.9 Å². The highest BCUT2D eigenvalue weighted by molar-refractivity contribution is 5.44. The van der Waals surface area contributed by atoms with Gasteiger partial charge in [0.15, 0.2) is 0 Å². The van der Waals surface area contributed by atoms with E-state index in [4.69, 9.17) is 0 Å². The minimum Gasteiger partial charge on any atom is -0.383 e. The Hall–Kier alpha value is -2.10. The van der Waals surface area contributed by atoms with Crippen molar-refractivity contribution < 1.29 is 0 Å². The van der Waals surface area contributed by atoms with Gasteiger partial charge in [-0.2, -0.15) is 0 Å². The van der Waals surface area contributed by atoms with E-state index >= 15 is 0 Å².